The van der Waals surface area contributed by atoms with E-state index in [-0.39, 0.29) is 5.91 Å². The first-order valence-corrected chi connectivity index (χ1v) is 9.41. The van der Waals surface area contributed by atoms with E-state index in [0.29, 0.717) is 13.0 Å². The number of aliphatic hydroxyl groups excluding tert-OH is 1. The van der Waals surface area contributed by atoms with Crippen LogP contribution in [0, 0.1) is 0 Å². The molecule has 4 heteroatoms. The van der Waals surface area contributed by atoms with Gasteiger partial charge in [0.25, 0.3) is 0 Å². The Morgan fingerprint density at radius 3 is 2.39 bits per heavy atom. The van der Waals surface area contributed by atoms with E-state index in [9.17, 15) is 4.79 Å². The van der Waals surface area contributed by atoms with Crippen LogP contribution < -0.4 is 5.32 Å². The molecule has 0 saturated heterocycles. The molecule has 136 valence electrons. The van der Waals surface area contributed by atoms with Crippen LogP contribution in [0.4, 0.5) is 0 Å². The van der Waals surface area contributed by atoms with Crippen molar-refractivity contribution in [1.29, 1.82) is 0 Å². The van der Waals surface area contributed by atoms with E-state index in [1.54, 1.807) is 0 Å². The van der Waals surface area contributed by atoms with Crippen molar-refractivity contribution in [3.8, 4) is 0 Å². The van der Waals surface area contributed by atoms with Crippen LogP contribution in [-0.2, 0) is 4.79 Å². The maximum absolute atomic E-state index is 11.7. The van der Waals surface area contributed by atoms with E-state index < -0.39 is 0 Å². The van der Waals surface area contributed by atoms with Crippen molar-refractivity contribution in [1.82, 2.24) is 10.2 Å². The quantitative estimate of drug-likeness (QED) is 0.337. The second-order valence-electron chi connectivity index (χ2n) is 6.27. The van der Waals surface area contributed by atoms with E-state index in [1.807, 2.05) is 0 Å². The molecule has 2 N–H and O–H groups in total. The summed E-state index contributed by atoms with van der Waals surface area (Å²) in [6.45, 7) is 5.21. The van der Waals surface area contributed by atoms with Crippen LogP contribution >= 0.6 is 0 Å². The predicted octanol–water partition coefficient (Wildman–Crippen LogP) is 3.50. The summed E-state index contributed by atoms with van der Waals surface area (Å²) in [6, 6.07) is 0. The van der Waals surface area contributed by atoms with Gasteiger partial charge in [0.2, 0.25) is 5.91 Å². The van der Waals surface area contributed by atoms with Gasteiger partial charge in [0, 0.05) is 26.1 Å². The highest BCUT2D eigenvalue weighted by molar-refractivity contribution is 5.75. The van der Waals surface area contributed by atoms with Gasteiger partial charge in [-0.25, -0.2) is 0 Å². The summed E-state index contributed by atoms with van der Waals surface area (Å²) >= 11 is 0. The molecule has 0 aliphatic carbocycles. The summed E-state index contributed by atoms with van der Waals surface area (Å²) < 4.78 is 0. The van der Waals surface area contributed by atoms with Gasteiger partial charge in [-0.3, -0.25) is 4.79 Å². The number of rotatable bonds is 16. The van der Waals surface area contributed by atoms with Gasteiger partial charge in [-0.2, -0.15) is 0 Å². The minimum atomic E-state index is 0.173. The molecule has 0 aromatic rings. The molecule has 0 spiro atoms. The highest BCUT2D eigenvalue weighted by Gasteiger charge is 2.02. The van der Waals surface area contributed by atoms with E-state index >= 15 is 0 Å². The van der Waals surface area contributed by atoms with E-state index in [1.165, 1.54) is 25.7 Å². The standard InChI is InChI=1S/C19H38N2O2/c1-3-4-5-8-11-14-19(23)20-15-17-21(2)16-12-9-6-7-10-13-18-22/h4-5,22H,3,6-18H2,1-2H3,(H,20,23)/b5-4+. The molecule has 0 heterocycles. The van der Waals surface area contributed by atoms with Crippen LogP contribution in [0.1, 0.15) is 71.1 Å². The van der Waals surface area contributed by atoms with Crippen molar-refractivity contribution in [2.24, 2.45) is 0 Å². The van der Waals surface area contributed by atoms with Gasteiger partial charge >= 0.3 is 0 Å². The van der Waals surface area contributed by atoms with E-state index in [0.717, 1.165) is 51.7 Å². The van der Waals surface area contributed by atoms with Crippen molar-refractivity contribution in [3.05, 3.63) is 12.2 Å². The Balaban J connectivity index is 3.36. The van der Waals surface area contributed by atoms with Crippen molar-refractivity contribution in [3.63, 3.8) is 0 Å². The third-order valence-corrected chi connectivity index (χ3v) is 3.94. The minimum Gasteiger partial charge on any atom is -0.396 e. The zero-order valence-electron chi connectivity index (χ0n) is 15.4. The number of likely N-dealkylation sites (N-methyl/N-ethyl adjacent to an activating group) is 1. The Morgan fingerprint density at radius 1 is 1.00 bits per heavy atom. The van der Waals surface area contributed by atoms with E-state index in [2.05, 4.69) is 36.3 Å². The fourth-order valence-corrected chi connectivity index (χ4v) is 2.45. The number of carbonyl (C=O) groups is 1. The third kappa shape index (κ3) is 17.3. The number of carbonyl (C=O) groups excluding carboxylic acids is 1. The maximum atomic E-state index is 11.7. The fraction of sp³-hybridized carbons (Fsp3) is 0.842. The molecule has 0 radical (unpaired) electrons. The Kier molecular flexibility index (Phi) is 16.8. The largest absolute Gasteiger partial charge is 0.396 e. The van der Waals surface area contributed by atoms with Gasteiger partial charge in [0.05, 0.1) is 0 Å². The molecule has 0 aromatic carbocycles. The van der Waals surface area contributed by atoms with Crippen molar-refractivity contribution >= 4 is 5.91 Å². The third-order valence-electron chi connectivity index (χ3n) is 3.94. The molecule has 1 amide bonds. The minimum absolute atomic E-state index is 0.173. The molecule has 0 unspecified atom stereocenters. The summed E-state index contributed by atoms with van der Waals surface area (Å²) in [6.07, 6.45) is 15.0. The zero-order valence-corrected chi connectivity index (χ0v) is 15.4. The van der Waals surface area contributed by atoms with Crippen LogP contribution in [0.15, 0.2) is 12.2 Å². The smallest absolute Gasteiger partial charge is 0.220 e. The Hall–Kier alpha value is -0.870. The van der Waals surface area contributed by atoms with Gasteiger partial charge in [-0.15, -0.1) is 0 Å². The number of unbranched alkanes of at least 4 members (excludes halogenated alkanes) is 6. The summed E-state index contributed by atoms with van der Waals surface area (Å²) in [7, 11) is 2.12. The molecule has 23 heavy (non-hydrogen) atoms. The second-order valence-corrected chi connectivity index (χ2v) is 6.27. The van der Waals surface area contributed by atoms with Gasteiger partial charge < -0.3 is 15.3 Å². The summed E-state index contributed by atoms with van der Waals surface area (Å²) in [5.74, 6) is 0.173. The Labute approximate surface area is 143 Å². The van der Waals surface area contributed by atoms with Crippen molar-refractivity contribution in [2.45, 2.75) is 71.1 Å². The van der Waals surface area contributed by atoms with E-state index in [4.69, 9.17) is 5.11 Å². The molecule has 0 saturated carbocycles. The lowest BCUT2D eigenvalue weighted by atomic mass is 10.1. The van der Waals surface area contributed by atoms with Gasteiger partial charge in [0.15, 0.2) is 0 Å². The first-order chi connectivity index (χ1) is 11.2. The molecule has 0 aliphatic rings. The number of amides is 1. The molecule has 0 bridgehead atoms. The SMILES string of the molecule is CC/C=C/CCCC(=O)NCCN(C)CCCCCCCCO. The summed E-state index contributed by atoms with van der Waals surface area (Å²) in [4.78, 5) is 14.0. The number of aliphatic hydroxyl groups is 1. The van der Waals surface area contributed by atoms with Crippen LogP contribution in [0.5, 0.6) is 0 Å². The number of hydrogen-bond acceptors (Lipinski definition) is 3. The van der Waals surface area contributed by atoms with Gasteiger partial charge in [-0.1, -0.05) is 44.8 Å². The molecule has 0 fully saturated rings. The second kappa shape index (κ2) is 17.5. The first kappa shape index (κ1) is 22.1. The molecule has 0 atom stereocenters. The van der Waals surface area contributed by atoms with Crippen molar-refractivity contribution < 1.29 is 9.90 Å². The highest BCUT2D eigenvalue weighted by atomic mass is 16.2. The number of allylic oxidation sites excluding steroid dienone is 2. The molecule has 0 aromatic heterocycles. The van der Waals surface area contributed by atoms with Crippen LogP contribution in [0.3, 0.4) is 0 Å². The molecule has 0 rings (SSSR count). The topological polar surface area (TPSA) is 52.6 Å². The predicted molar refractivity (Wildman–Crippen MR) is 98.6 cm³/mol. The molecule has 4 nitrogen and oxygen atoms in total. The highest BCUT2D eigenvalue weighted by Crippen LogP contribution is 2.05. The average molecular weight is 327 g/mol. The zero-order chi connectivity index (χ0) is 17.2. The first-order valence-electron chi connectivity index (χ1n) is 9.41. The van der Waals surface area contributed by atoms with Gasteiger partial charge in [0.1, 0.15) is 0 Å². The maximum Gasteiger partial charge on any atom is 0.220 e. The lowest BCUT2D eigenvalue weighted by Crippen LogP contribution is -2.33. The van der Waals surface area contributed by atoms with Gasteiger partial charge in [-0.05, 0) is 45.7 Å². The number of nitrogens with one attached hydrogen (secondary N) is 1. The average Bonchev–Trinajstić information content (AvgIpc) is 2.54. The van der Waals surface area contributed by atoms with Crippen LogP contribution in [-0.4, -0.2) is 49.2 Å². The lowest BCUT2D eigenvalue weighted by molar-refractivity contribution is -0.121. The van der Waals surface area contributed by atoms with Crippen LogP contribution in [0.25, 0.3) is 0 Å². The molecular formula is C19H38N2O2. The Bertz CT molecular complexity index is 293. The molecular weight excluding hydrogens is 288 g/mol. The lowest BCUT2D eigenvalue weighted by Gasteiger charge is -2.16. The number of hydrogen-bond donors (Lipinski definition) is 2. The monoisotopic (exact) mass is 326 g/mol. The molecule has 0 aliphatic heterocycles. The van der Waals surface area contributed by atoms with Crippen molar-refractivity contribution in [2.75, 3.05) is 33.3 Å². The van der Waals surface area contributed by atoms with Crippen LogP contribution in [0.2, 0.25) is 0 Å². The normalized spacial score (nSPS) is 11.5. The number of nitrogens with zero attached hydrogens (tertiary/aromatic N) is 1. The Morgan fingerprint density at radius 2 is 1.70 bits per heavy atom. The summed E-state index contributed by atoms with van der Waals surface area (Å²) in [5, 5.41) is 11.7. The summed E-state index contributed by atoms with van der Waals surface area (Å²) in [5.41, 5.74) is 0. The fourth-order valence-electron chi connectivity index (χ4n) is 2.45.